The predicted octanol–water partition coefficient (Wildman–Crippen LogP) is 5.07. The molecule has 2 aromatic carbocycles. The Hall–Kier alpha value is -2.82. The van der Waals surface area contributed by atoms with Gasteiger partial charge in [-0.15, -0.1) is 0 Å². The molecule has 33 heavy (non-hydrogen) atoms. The molecular weight excluding hydrogens is 416 g/mol. The van der Waals surface area contributed by atoms with Crippen molar-refractivity contribution in [1.82, 2.24) is 0 Å². The van der Waals surface area contributed by atoms with Crippen molar-refractivity contribution < 1.29 is 23.8 Å². The number of ether oxygens (including phenoxy) is 3. The molecule has 2 aromatic rings. The van der Waals surface area contributed by atoms with Gasteiger partial charge in [-0.1, -0.05) is 17.7 Å². The first kappa shape index (κ1) is 20.8. The third-order valence-corrected chi connectivity index (χ3v) is 8.85. The molecule has 4 bridgehead atoms. The molecule has 8 unspecified atom stereocenters. The highest BCUT2D eigenvalue weighted by Crippen LogP contribution is 2.68. The molecule has 5 nitrogen and oxygen atoms in total. The molecule has 0 heterocycles. The number of esters is 2. The minimum atomic E-state index is -0.375. The second-order valence-electron chi connectivity index (χ2n) is 10.4. The van der Waals surface area contributed by atoms with Crippen molar-refractivity contribution in [2.75, 3.05) is 7.11 Å². The number of methoxy groups -OCH3 is 1. The molecule has 0 radical (unpaired) electrons. The lowest BCUT2D eigenvalue weighted by molar-refractivity contribution is -0.0891. The standard InChI is InChI=1S/C28H30O5/c1-15-3-5-16(6-4-15)27(29)32-25-21-14-22(24-19-8-7-18(13-19)23(21)24)26(25)33-28(30)17-9-11-20(31-2)12-10-17/h3-6,9-12,18-19,21-26H,7-8,13-14H2,1-2H3. The Kier molecular flexibility index (Phi) is 4.97. The smallest absolute Gasteiger partial charge is 0.338 e. The maximum atomic E-state index is 13.1. The minimum absolute atomic E-state index is 0.285. The SMILES string of the molecule is COc1ccc(C(=O)OC2C3CC(C2OC(=O)c2ccc(C)cc2)C2C4CCC(C4)C32)cc1. The fraction of sp³-hybridized carbons (Fsp3) is 0.500. The van der Waals surface area contributed by atoms with E-state index in [2.05, 4.69) is 0 Å². The Morgan fingerprint density at radius 1 is 0.727 bits per heavy atom. The van der Waals surface area contributed by atoms with Crippen molar-refractivity contribution in [2.45, 2.75) is 44.8 Å². The summed E-state index contributed by atoms with van der Waals surface area (Å²) in [6.07, 6.45) is 4.13. The van der Waals surface area contributed by atoms with Gasteiger partial charge >= 0.3 is 11.9 Å². The molecule has 5 heteroatoms. The number of aryl methyl sites for hydroxylation is 1. The molecule has 0 aromatic heterocycles. The van der Waals surface area contributed by atoms with Gasteiger partial charge < -0.3 is 14.2 Å². The topological polar surface area (TPSA) is 61.8 Å². The zero-order valence-electron chi connectivity index (χ0n) is 19.1. The summed E-state index contributed by atoms with van der Waals surface area (Å²) in [5.74, 6) is 3.30. The van der Waals surface area contributed by atoms with E-state index in [4.69, 9.17) is 14.2 Å². The van der Waals surface area contributed by atoms with Gasteiger partial charge in [0.05, 0.1) is 18.2 Å². The normalized spacial score (nSPS) is 35.3. The van der Waals surface area contributed by atoms with E-state index in [1.807, 2.05) is 31.2 Å². The summed E-state index contributed by atoms with van der Waals surface area (Å²) >= 11 is 0. The van der Waals surface area contributed by atoms with Gasteiger partial charge in [-0.2, -0.15) is 0 Å². The van der Waals surface area contributed by atoms with E-state index < -0.39 is 0 Å². The van der Waals surface area contributed by atoms with Crippen LogP contribution in [-0.4, -0.2) is 31.3 Å². The van der Waals surface area contributed by atoms with E-state index in [9.17, 15) is 9.59 Å². The summed E-state index contributed by atoms with van der Waals surface area (Å²) < 4.78 is 17.5. The number of hydrogen-bond acceptors (Lipinski definition) is 5. The third kappa shape index (κ3) is 3.35. The van der Waals surface area contributed by atoms with Crippen molar-refractivity contribution in [1.29, 1.82) is 0 Å². The molecule has 0 saturated heterocycles. The molecule has 4 aliphatic rings. The largest absolute Gasteiger partial charge is 0.497 e. The summed E-state index contributed by atoms with van der Waals surface area (Å²) in [6, 6.07) is 14.4. The fourth-order valence-electron chi connectivity index (χ4n) is 7.58. The predicted molar refractivity (Wildman–Crippen MR) is 122 cm³/mol. The molecule has 0 N–H and O–H groups in total. The summed E-state index contributed by atoms with van der Waals surface area (Å²) in [7, 11) is 1.60. The van der Waals surface area contributed by atoms with Gasteiger partial charge in [-0.25, -0.2) is 9.59 Å². The highest BCUT2D eigenvalue weighted by Gasteiger charge is 2.68. The first-order chi connectivity index (χ1) is 16.0. The first-order valence-corrected chi connectivity index (χ1v) is 12.2. The molecule has 0 amide bonds. The number of carbonyl (C=O) groups is 2. The van der Waals surface area contributed by atoms with Crippen molar-refractivity contribution in [3.63, 3.8) is 0 Å². The van der Waals surface area contributed by atoms with Crippen LogP contribution in [0.25, 0.3) is 0 Å². The molecule has 8 atom stereocenters. The van der Waals surface area contributed by atoms with Gasteiger partial charge in [0.1, 0.15) is 18.0 Å². The highest BCUT2D eigenvalue weighted by atomic mass is 16.6. The number of benzene rings is 2. The van der Waals surface area contributed by atoms with Crippen LogP contribution >= 0.6 is 0 Å². The van der Waals surface area contributed by atoms with Crippen LogP contribution in [0.4, 0.5) is 0 Å². The van der Waals surface area contributed by atoms with Crippen molar-refractivity contribution >= 4 is 11.9 Å². The average Bonchev–Trinajstić information content (AvgIpc) is 3.60. The van der Waals surface area contributed by atoms with Crippen LogP contribution in [0.3, 0.4) is 0 Å². The van der Waals surface area contributed by atoms with Crippen molar-refractivity contribution in [3.8, 4) is 5.75 Å². The summed E-state index contributed by atoms with van der Waals surface area (Å²) in [6.45, 7) is 2.00. The van der Waals surface area contributed by atoms with Gasteiger partial charge in [0, 0.05) is 11.8 Å². The third-order valence-electron chi connectivity index (χ3n) is 8.85. The zero-order chi connectivity index (χ0) is 22.7. The van der Waals surface area contributed by atoms with Gasteiger partial charge in [0.2, 0.25) is 0 Å². The molecule has 4 fully saturated rings. The van der Waals surface area contributed by atoms with Gasteiger partial charge in [0.25, 0.3) is 0 Å². The second kappa shape index (κ2) is 7.89. The number of rotatable bonds is 5. The summed E-state index contributed by atoms with van der Waals surface area (Å²) in [5.41, 5.74) is 2.14. The molecule has 4 saturated carbocycles. The van der Waals surface area contributed by atoms with E-state index in [0.29, 0.717) is 34.6 Å². The molecule has 172 valence electrons. The Balaban J connectivity index is 1.26. The van der Waals surface area contributed by atoms with Crippen LogP contribution in [-0.2, 0) is 9.47 Å². The van der Waals surface area contributed by atoms with Crippen LogP contribution in [0, 0.1) is 42.4 Å². The lowest BCUT2D eigenvalue weighted by atomic mass is 9.69. The Bertz CT molecular complexity index is 1060. The van der Waals surface area contributed by atoms with Crippen LogP contribution in [0.1, 0.15) is 52.0 Å². The monoisotopic (exact) mass is 446 g/mol. The fourth-order valence-corrected chi connectivity index (χ4v) is 7.58. The number of fused-ring (bicyclic) bond motifs is 9. The van der Waals surface area contributed by atoms with E-state index in [0.717, 1.165) is 23.8 Å². The van der Waals surface area contributed by atoms with E-state index in [-0.39, 0.29) is 30.1 Å². The lowest BCUT2D eigenvalue weighted by Crippen LogP contribution is -2.48. The summed E-state index contributed by atoms with van der Waals surface area (Å²) in [4.78, 5) is 26.1. The Morgan fingerprint density at radius 3 is 1.70 bits per heavy atom. The maximum absolute atomic E-state index is 13.1. The lowest BCUT2D eigenvalue weighted by Gasteiger charge is -2.42. The summed E-state index contributed by atoms with van der Waals surface area (Å²) in [5, 5.41) is 0. The Labute approximate surface area is 194 Å². The highest BCUT2D eigenvalue weighted by molar-refractivity contribution is 5.90. The molecular formula is C28H30O5. The van der Waals surface area contributed by atoms with Gasteiger partial charge in [0.15, 0.2) is 0 Å². The molecule has 0 aliphatic heterocycles. The van der Waals surface area contributed by atoms with Crippen molar-refractivity contribution in [2.24, 2.45) is 35.5 Å². The first-order valence-electron chi connectivity index (χ1n) is 12.2. The number of carbonyl (C=O) groups excluding carboxylic acids is 2. The second-order valence-corrected chi connectivity index (χ2v) is 10.4. The van der Waals surface area contributed by atoms with Crippen molar-refractivity contribution in [3.05, 3.63) is 65.2 Å². The molecule has 6 rings (SSSR count). The van der Waals surface area contributed by atoms with Gasteiger partial charge in [-0.05, 0) is 92.7 Å². The van der Waals surface area contributed by atoms with Gasteiger partial charge in [-0.3, -0.25) is 0 Å². The van der Waals surface area contributed by atoms with E-state index in [1.165, 1.54) is 19.3 Å². The molecule has 4 aliphatic carbocycles. The van der Waals surface area contributed by atoms with Crippen LogP contribution in [0.15, 0.2) is 48.5 Å². The van der Waals surface area contributed by atoms with E-state index in [1.54, 1.807) is 31.4 Å². The average molecular weight is 447 g/mol. The zero-order valence-corrected chi connectivity index (χ0v) is 19.1. The minimum Gasteiger partial charge on any atom is -0.497 e. The maximum Gasteiger partial charge on any atom is 0.338 e. The van der Waals surface area contributed by atoms with Crippen LogP contribution in [0.5, 0.6) is 5.75 Å². The van der Waals surface area contributed by atoms with Crippen LogP contribution < -0.4 is 4.74 Å². The van der Waals surface area contributed by atoms with Crippen LogP contribution in [0.2, 0.25) is 0 Å². The van der Waals surface area contributed by atoms with E-state index >= 15 is 0 Å². The molecule has 0 spiro atoms. The Morgan fingerprint density at radius 2 is 1.21 bits per heavy atom. The quantitative estimate of drug-likeness (QED) is 0.474. The number of hydrogen-bond donors (Lipinski definition) is 0.